The standard InChI is InChI=1S/C14H20FNO2/c15-14-3-1-2-12(9-14)8-13-10-16(4-6-17)5-7-18-11-13/h1-3,9,13,17H,4-8,10-11H2/t13-/m1/s1. The van der Waals surface area contributed by atoms with Crippen molar-refractivity contribution >= 4 is 0 Å². The predicted molar refractivity (Wildman–Crippen MR) is 67.9 cm³/mol. The summed E-state index contributed by atoms with van der Waals surface area (Å²) in [5.41, 5.74) is 1.01. The normalized spacial score (nSPS) is 21.8. The van der Waals surface area contributed by atoms with Gasteiger partial charge < -0.3 is 9.84 Å². The molecule has 3 nitrogen and oxygen atoms in total. The molecule has 1 fully saturated rings. The molecule has 1 aliphatic rings. The Bertz CT molecular complexity index is 373. The smallest absolute Gasteiger partial charge is 0.123 e. The summed E-state index contributed by atoms with van der Waals surface area (Å²) in [5.74, 6) is 0.176. The van der Waals surface area contributed by atoms with E-state index in [0.717, 1.165) is 25.1 Å². The minimum Gasteiger partial charge on any atom is -0.395 e. The van der Waals surface area contributed by atoms with Crippen LogP contribution in [0.1, 0.15) is 5.56 Å². The lowest BCUT2D eigenvalue weighted by Gasteiger charge is -2.22. The van der Waals surface area contributed by atoms with E-state index in [1.54, 1.807) is 12.1 Å². The first-order chi connectivity index (χ1) is 8.78. The molecular weight excluding hydrogens is 233 g/mol. The van der Waals surface area contributed by atoms with Gasteiger partial charge in [-0.1, -0.05) is 12.1 Å². The van der Waals surface area contributed by atoms with Gasteiger partial charge >= 0.3 is 0 Å². The lowest BCUT2D eigenvalue weighted by molar-refractivity contribution is 0.121. The Labute approximate surface area is 107 Å². The van der Waals surface area contributed by atoms with Gasteiger partial charge in [-0.2, -0.15) is 0 Å². The molecule has 100 valence electrons. The van der Waals surface area contributed by atoms with E-state index in [-0.39, 0.29) is 12.4 Å². The van der Waals surface area contributed by atoms with Crippen molar-refractivity contribution in [2.24, 2.45) is 5.92 Å². The minimum atomic E-state index is -0.186. The molecule has 0 amide bonds. The molecule has 1 N–H and O–H groups in total. The summed E-state index contributed by atoms with van der Waals surface area (Å²) < 4.78 is 18.7. The zero-order valence-electron chi connectivity index (χ0n) is 10.5. The highest BCUT2D eigenvalue weighted by atomic mass is 19.1. The summed E-state index contributed by atoms with van der Waals surface area (Å²) in [6, 6.07) is 6.74. The number of β-amino-alcohol motifs (C(OH)–C–C–N with tert-alkyl or cyclic N) is 1. The highest BCUT2D eigenvalue weighted by Gasteiger charge is 2.18. The Morgan fingerprint density at radius 1 is 1.44 bits per heavy atom. The van der Waals surface area contributed by atoms with Crippen molar-refractivity contribution in [1.29, 1.82) is 0 Å². The second-order valence-electron chi connectivity index (χ2n) is 4.80. The molecular formula is C14H20FNO2. The van der Waals surface area contributed by atoms with Crippen LogP contribution < -0.4 is 0 Å². The maximum Gasteiger partial charge on any atom is 0.123 e. The van der Waals surface area contributed by atoms with Gasteiger partial charge in [0.2, 0.25) is 0 Å². The van der Waals surface area contributed by atoms with Crippen LogP contribution in [0.5, 0.6) is 0 Å². The molecule has 0 radical (unpaired) electrons. The van der Waals surface area contributed by atoms with Crippen molar-refractivity contribution in [2.45, 2.75) is 6.42 Å². The molecule has 0 bridgehead atoms. The second-order valence-corrected chi connectivity index (χ2v) is 4.80. The van der Waals surface area contributed by atoms with E-state index in [2.05, 4.69) is 4.90 Å². The van der Waals surface area contributed by atoms with E-state index in [4.69, 9.17) is 9.84 Å². The van der Waals surface area contributed by atoms with Gasteiger partial charge in [0.05, 0.1) is 19.8 Å². The topological polar surface area (TPSA) is 32.7 Å². The first-order valence-corrected chi connectivity index (χ1v) is 6.43. The third kappa shape index (κ3) is 4.05. The van der Waals surface area contributed by atoms with Crippen LogP contribution in [0.4, 0.5) is 4.39 Å². The molecule has 1 aromatic carbocycles. The maximum absolute atomic E-state index is 13.1. The zero-order valence-corrected chi connectivity index (χ0v) is 10.5. The van der Waals surface area contributed by atoms with Crippen LogP contribution in [-0.4, -0.2) is 49.5 Å². The number of halogens is 1. The highest BCUT2D eigenvalue weighted by molar-refractivity contribution is 5.17. The van der Waals surface area contributed by atoms with Crippen LogP contribution in [0.25, 0.3) is 0 Å². The van der Waals surface area contributed by atoms with Gasteiger partial charge in [0.1, 0.15) is 5.82 Å². The van der Waals surface area contributed by atoms with Crippen molar-refractivity contribution in [3.05, 3.63) is 35.6 Å². The summed E-state index contributed by atoms with van der Waals surface area (Å²) in [6.45, 7) is 4.03. The molecule has 1 heterocycles. The van der Waals surface area contributed by atoms with E-state index < -0.39 is 0 Å². The summed E-state index contributed by atoms with van der Waals surface area (Å²) in [5, 5.41) is 8.99. The summed E-state index contributed by atoms with van der Waals surface area (Å²) in [7, 11) is 0. The Morgan fingerprint density at radius 2 is 2.33 bits per heavy atom. The molecule has 0 aliphatic carbocycles. The predicted octanol–water partition coefficient (Wildman–Crippen LogP) is 1.31. The molecule has 1 aromatic rings. The van der Waals surface area contributed by atoms with Crippen molar-refractivity contribution in [3.63, 3.8) is 0 Å². The lowest BCUT2D eigenvalue weighted by Crippen LogP contribution is -2.33. The fourth-order valence-corrected chi connectivity index (χ4v) is 2.42. The van der Waals surface area contributed by atoms with Gasteiger partial charge in [-0.3, -0.25) is 4.90 Å². The molecule has 4 heteroatoms. The van der Waals surface area contributed by atoms with Crippen LogP contribution in [0.15, 0.2) is 24.3 Å². The summed E-state index contributed by atoms with van der Waals surface area (Å²) >= 11 is 0. The SMILES string of the molecule is OCCN1CCOC[C@H](Cc2cccc(F)c2)C1. The van der Waals surface area contributed by atoms with E-state index in [0.29, 0.717) is 25.7 Å². The third-order valence-electron chi connectivity index (χ3n) is 3.25. The molecule has 0 saturated carbocycles. The van der Waals surface area contributed by atoms with Crippen molar-refractivity contribution in [1.82, 2.24) is 4.90 Å². The van der Waals surface area contributed by atoms with Crippen molar-refractivity contribution < 1.29 is 14.2 Å². The van der Waals surface area contributed by atoms with Crippen LogP contribution >= 0.6 is 0 Å². The first kappa shape index (κ1) is 13.5. The van der Waals surface area contributed by atoms with Crippen LogP contribution in [0, 0.1) is 11.7 Å². The van der Waals surface area contributed by atoms with Gasteiger partial charge in [0, 0.05) is 19.6 Å². The number of hydrogen-bond donors (Lipinski definition) is 1. The Kier molecular flexibility index (Phi) is 5.11. The summed E-state index contributed by atoms with van der Waals surface area (Å²) in [6.07, 6.45) is 0.819. The Morgan fingerprint density at radius 3 is 3.11 bits per heavy atom. The maximum atomic E-state index is 13.1. The van der Waals surface area contributed by atoms with E-state index in [1.807, 2.05) is 6.07 Å². The highest BCUT2D eigenvalue weighted by Crippen LogP contribution is 2.14. The number of benzene rings is 1. The molecule has 0 spiro atoms. The van der Waals surface area contributed by atoms with E-state index in [1.165, 1.54) is 6.07 Å². The fourth-order valence-electron chi connectivity index (χ4n) is 2.42. The lowest BCUT2D eigenvalue weighted by atomic mass is 9.99. The molecule has 1 saturated heterocycles. The monoisotopic (exact) mass is 253 g/mol. The van der Waals surface area contributed by atoms with Crippen LogP contribution in [0.2, 0.25) is 0 Å². The molecule has 0 aromatic heterocycles. The molecule has 1 aliphatic heterocycles. The number of aliphatic hydroxyl groups excluding tert-OH is 1. The molecule has 1 atom stereocenters. The second kappa shape index (κ2) is 6.83. The van der Waals surface area contributed by atoms with Gasteiger partial charge in [-0.25, -0.2) is 4.39 Å². The van der Waals surface area contributed by atoms with Gasteiger partial charge in [0.15, 0.2) is 0 Å². The van der Waals surface area contributed by atoms with Crippen molar-refractivity contribution in [3.8, 4) is 0 Å². The fraction of sp³-hybridized carbons (Fsp3) is 0.571. The van der Waals surface area contributed by atoms with Crippen LogP contribution in [0.3, 0.4) is 0 Å². The van der Waals surface area contributed by atoms with Gasteiger partial charge in [-0.05, 0) is 30.0 Å². The third-order valence-corrected chi connectivity index (χ3v) is 3.25. The first-order valence-electron chi connectivity index (χ1n) is 6.43. The minimum absolute atomic E-state index is 0.173. The van der Waals surface area contributed by atoms with Gasteiger partial charge in [0.25, 0.3) is 0 Å². The van der Waals surface area contributed by atoms with E-state index >= 15 is 0 Å². The summed E-state index contributed by atoms with van der Waals surface area (Å²) in [4.78, 5) is 2.21. The zero-order chi connectivity index (χ0) is 12.8. The number of aliphatic hydroxyl groups is 1. The average Bonchev–Trinajstić information content (AvgIpc) is 2.55. The largest absolute Gasteiger partial charge is 0.395 e. The van der Waals surface area contributed by atoms with Crippen molar-refractivity contribution in [2.75, 3.05) is 39.5 Å². The molecule has 2 rings (SSSR count). The van der Waals surface area contributed by atoms with Gasteiger partial charge in [-0.15, -0.1) is 0 Å². The van der Waals surface area contributed by atoms with Crippen LogP contribution in [-0.2, 0) is 11.2 Å². The average molecular weight is 253 g/mol. The number of hydrogen-bond acceptors (Lipinski definition) is 3. The molecule has 0 unspecified atom stereocenters. The number of ether oxygens (including phenoxy) is 1. The Hall–Kier alpha value is -0.970. The number of nitrogens with zero attached hydrogens (tertiary/aromatic N) is 1. The number of rotatable bonds is 4. The molecule has 18 heavy (non-hydrogen) atoms. The Balaban J connectivity index is 1.94. The van der Waals surface area contributed by atoms with E-state index in [9.17, 15) is 4.39 Å². The quantitative estimate of drug-likeness (QED) is 0.878.